The van der Waals surface area contributed by atoms with Crippen LogP contribution in [0.2, 0.25) is 0 Å². The Morgan fingerprint density at radius 1 is 1.25 bits per heavy atom. The van der Waals surface area contributed by atoms with Gasteiger partial charge in [0, 0.05) is 17.3 Å². The second kappa shape index (κ2) is 9.08. The van der Waals surface area contributed by atoms with Crippen LogP contribution in [0.5, 0.6) is 0 Å². The van der Waals surface area contributed by atoms with Crippen molar-refractivity contribution in [2.24, 2.45) is 0 Å². The Hall–Kier alpha value is -2.34. The highest BCUT2D eigenvalue weighted by Crippen LogP contribution is 2.13. The lowest BCUT2D eigenvalue weighted by atomic mass is 10.0. The van der Waals surface area contributed by atoms with E-state index in [1.54, 1.807) is 11.3 Å². The predicted molar refractivity (Wildman–Crippen MR) is 95.2 cm³/mol. The van der Waals surface area contributed by atoms with Gasteiger partial charge < -0.3 is 15.7 Å². The Morgan fingerprint density at radius 3 is 2.62 bits per heavy atom. The first kappa shape index (κ1) is 18.0. The van der Waals surface area contributed by atoms with Crippen molar-refractivity contribution in [3.63, 3.8) is 0 Å². The minimum Gasteiger partial charge on any atom is -0.481 e. The van der Waals surface area contributed by atoms with Gasteiger partial charge in [-0.15, -0.1) is 11.3 Å². The van der Waals surface area contributed by atoms with E-state index in [0.717, 1.165) is 10.4 Å². The molecule has 0 spiro atoms. The lowest BCUT2D eigenvalue weighted by molar-refractivity contribution is -0.137. The smallest absolute Gasteiger partial charge is 0.315 e. The van der Waals surface area contributed by atoms with Gasteiger partial charge in [0.25, 0.3) is 0 Å². The van der Waals surface area contributed by atoms with Crippen LogP contribution in [0.3, 0.4) is 0 Å². The Labute approximate surface area is 145 Å². The normalized spacial score (nSPS) is 11.7. The number of nitrogens with one attached hydrogen (secondary N) is 2. The number of aryl methyl sites for hydroxylation is 1. The summed E-state index contributed by atoms with van der Waals surface area (Å²) in [6.07, 6.45) is 1.04. The maximum absolute atomic E-state index is 12.1. The first-order chi connectivity index (χ1) is 11.5. The summed E-state index contributed by atoms with van der Waals surface area (Å²) in [5.41, 5.74) is 2.25. The summed E-state index contributed by atoms with van der Waals surface area (Å²) in [6.45, 7) is 2.49. The van der Waals surface area contributed by atoms with Crippen LogP contribution < -0.4 is 10.6 Å². The summed E-state index contributed by atoms with van der Waals surface area (Å²) in [5, 5.41) is 16.6. The highest BCUT2D eigenvalue weighted by molar-refractivity contribution is 7.10. The minimum absolute atomic E-state index is 0.0297. The van der Waals surface area contributed by atoms with Crippen molar-refractivity contribution < 1.29 is 14.7 Å². The summed E-state index contributed by atoms with van der Waals surface area (Å²) in [6, 6.07) is 11.3. The molecule has 0 saturated heterocycles. The van der Waals surface area contributed by atoms with E-state index >= 15 is 0 Å². The molecule has 0 bridgehead atoms. The molecule has 1 atom stereocenters. The molecule has 6 heteroatoms. The van der Waals surface area contributed by atoms with Crippen molar-refractivity contribution in [2.45, 2.75) is 38.8 Å². The second-order valence-corrected chi connectivity index (χ2v) is 6.73. The fourth-order valence-electron chi connectivity index (χ4n) is 2.41. The molecule has 128 valence electrons. The molecule has 3 N–H and O–H groups in total. The largest absolute Gasteiger partial charge is 0.481 e. The van der Waals surface area contributed by atoms with Crippen LogP contribution in [0.25, 0.3) is 0 Å². The molecule has 1 aromatic heterocycles. The van der Waals surface area contributed by atoms with Gasteiger partial charge in [0.2, 0.25) is 0 Å². The summed E-state index contributed by atoms with van der Waals surface area (Å²) >= 11 is 1.61. The average molecular weight is 346 g/mol. The zero-order valence-corrected chi connectivity index (χ0v) is 14.4. The van der Waals surface area contributed by atoms with Gasteiger partial charge in [-0.1, -0.05) is 30.3 Å². The van der Waals surface area contributed by atoms with E-state index in [1.807, 2.05) is 48.7 Å². The summed E-state index contributed by atoms with van der Waals surface area (Å²) in [4.78, 5) is 24.0. The number of carboxylic acids is 1. The van der Waals surface area contributed by atoms with Crippen LogP contribution in [-0.2, 0) is 17.8 Å². The van der Waals surface area contributed by atoms with Crippen LogP contribution >= 0.6 is 11.3 Å². The van der Waals surface area contributed by atoms with E-state index < -0.39 is 5.97 Å². The van der Waals surface area contributed by atoms with Gasteiger partial charge in [0.15, 0.2) is 0 Å². The predicted octanol–water partition coefficient (Wildman–Crippen LogP) is 3.33. The number of hydrogen-bond acceptors (Lipinski definition) is 3. The molecular weight excluding hydrogens is 324 g/mol. The van der Waals surface area contributed by atoms with Gasteiger partial charge >= 0.3 is 12.0 Å². The maximum atomic E-state index is 12.1. The molecule has 1 aromatic carbocycles. The summed E-state index contributed by atoms with van der Waals surface area (Å²) in [5.74, 6) is -0.857. The number of carbonyl (C=O) groups excluding carboxylic acids is 1. The lowest BCUT2D eigenvalue weighted by Gasteiger charge is -2.18. The standard InChI is InChI=1S/C18H22N2O3S/c1-13-9-16(24-12-13)11-19-18(23)20-15(7-8-17(21)22)10-14-5-3-2-4-6-14/h2-6,9,12,15H,7-8,10-11H2,1H3,(H,21,22)(H2,19,20,23). The Morgan fingerprint density at radius 2 is 2.00 bits per heavy atom. The molecule has 0 aliphatic heterocycles. The summed E-state index contributed by atoms with van der Waals surface area (Å²) in [7, 11) is 0. The number of rotatable bonds is 8. The van der Waals surface area contributed by atoms with Crippen molar-refractivity contribution in [1.29, 1.82) is 0 Å². The lowest BCUT2D eigenvalue weighted by Crippen LogP contribution is -2.43. The molecule has 2 aromatic rings. The highest BCUT2D eigenvalue weighted by Gasteiger charge is 2.14. The van der Waals surface area contributed by atoms with Crippen LogP contribution in [0, 0.1) is 6.92 Å². The zero-order chi connectivity index (χ0) is 17.4. The number of thiophene rings is 1. The zero-order valence-electron chi connectivity index (χ0n) is 13.6. The average Bonchev–Trinajstić information content (AvgIpc) is 2.97. The quantitative estimate of drug-likeness (QED) is 0.686. The Bertz CT molecular complexity index is 670. The van der Waals surface area contributed by atoms with Crippen LogP contribution in [-0.4, -0.2) is 23.1 Å². The molecule has 0 radical (unpaired) electrons. The van der Waals surface area contributed by atoms with E-state index in [1.165, 1.54) is 5.56 Å². The number of carboxylic acid groups (broad SMARTS) is 1. The van der Waals surface area contributed by atoms with Gasteiger partial charge in [0.05, 0.1) is 6.54 Å². The van der Waals surface area contributed by atoms with E-state index in [0.29, 0.717) is 19.4 Å². The van der Waals surface area contributed by atoms with E-state index in [-0.39, 0.29) is 18.5 Å². The Kier molecular flexibility index (Phi) is 6.81. The van der Waals surface area contributed by atoms with Crippen molar-refractivity contribution in [1.82, 2.24) is 10.6 Å². The summed E-state index contributed by atoms with van der Waals surface area (Å²) < 4.78 is 0. The van der Waals surface area contributed by atoms with Crippen molar-refractivity contribution in [3.8, 4) is 0 Å². The fourth-order valence-corrected chi connectivity index (χ4v) is 3.22. The van der Waals surface area contributed by atoms with Gasteiger partial charge in [-0.05, 0) is 42.3 Å². The fraction of sp³-hybridized carbons (Fsp3) is 0.333. The molecule has 0 fully saturated rings. The van der Waals surface area contributed by atoms with E-state index in [2.05, 4.69) is 10.6 Å². The topological polar surface area (TPSA) is 78.4 Å². The van der Waals surface area contributed by atoms with Crippen LogP contribution in [0.4, 0.5) is 4.79 Å². The number of benzene rings is 1. The molecule has 24 heavy (non-hydrogen) atoms. The first-order valence-electron chi connectivity index (χ1n) is 7.87. The monoisotopic (exact) mass is 346 g/mol. The van der Waals surface area contributed by atoms with Crippen LogP contribution in [0.1, 0.15) is 28.8 Å². The molecule has 2 rings (SSSR count). The third kappa shape index (κ3) is 6.42. The van der Waals surface area contributed by atoms with Gasteiger partial charge in [-0.25, -0.2) is 4.79 Å². The molecule has 0 aliphatic carbocycles. The molecule has 0 saturated carbocycles. The Balaban J connectivity index is 1.88. The van der Waals surface area contributed by atoms with E-state index in [9.17, 15) is 9.59 Å². The highest BCUT2D eigenvalue weighted by atomic mass is 32.1. The minimum atomic E-state index is -0.857. The molecule has 5 nitrogen and oxygen atoms in total. The molecular formula is C18H22N2O3S. The number of urea groups is 1. The van der Waals surface area contributed by atoms with Crippen LogP contribution in [0.15, 0.2) is 41.8 Å². The first-order valence-corrected chi connectivity index (χ1v) is 8.75. The second-order valence-electron chi connectivity index (χ2n) is 5.74. The van der Waals surface area contributed by atoms with Crippen molar-refractivity contribution in [3.05, 3.63) is 57.8 Å². The number of amides is 2. The van der Waals surface area contributed by atoms with Gasteiger partial charge in [-0.3, -0.25) is 4.79 Å². The molecule has 1 unspecified atom stereocenters. The third-order valence-corrected chi connectivity index (χ3v) is 4.63. The number of hydrogen-bond donors (Lipinski definition) is 3. The van der Waals surface area contributed by atoms with Gasteiger partial charge in [-0.2, -0.15) is 0 Å². The molecule has 0 aliphatic rings. The SMILES string of the molecule is Cc1csc(CNC(=O)NC(CCC(=O)O)Cc2ccccc2)c1. The molecule has 2 amide bonds. The van der Waals surface area contributed by atoms with E-state index in [4.69, 9.17) is 5.11 Å². The maximum Gasteiger partial charge on any atom is 0.315 e. The number of carbonyl (C=O) groups is 2. The van der Waals surface area contributed by atoms with Gasteiger partial charge in [0.1, 0.15) is 0 Å². The number of aliphatic carboxylic acids is 1. The van der Waals surface area contributed by atoms with Crippen molar-refractivity contribution >= 4 is 23.3 Å². The molecule has 1 heterocycles. The third-order valence-electron chi connectivity index (χ3n) is 3.57. The van der Waals surface area contributed by atoms with Crippen molar-refractivity contribution in [2.75, 3.05) is 0 Å².